The Bertz CT molecular complexity index is 1220. The van der Waals surface area contributed by atoms with Crippen LogP contribution in [0.15, 0.2) is 35.9 Å². The third kappa shape index (κ3) is 9.03. The van der Waals surface area contributed by atoms with Crippen molar-refractivity contribution in [2.45, 2.75) is 135 Å². The Hall–Kier alpha value is -1.43. The van der Waals surface area contributed by atoms with Crippen molar-refractivity contribution in [2.24, 2.45) is 0 Å². The van der Waals surface area contributed by atoms with Crippen LogP contribution in [0.2, 0.25) is 54.4 Å². The van der Waals surface area contributed by atoms with Crippen LogP contribution < -0.4 is 0 Å². The Kier molecular flexibility index (Phi) is 11.0. The van der Waals surface area contributed by atoms with Gasteiger partial charge < -0.3 is 18.4 Å². The molecule has 4 nitrogen and oxygen atoms in total. The fourth-order valence-corrected chi connectivity index (χ4v) is 6.81. The van der Waals surface area contributed by atoms with E-state index >= 15 is 0 Å². The van der Waals surface area contributed by atoms with Gasteiger partial charge in [-0.05, 0) is 72.1 Å². The van der Waals surface area contributed by atoms with E-state index < -0.39 is 43.3 Å². The zero-order valence-electron chi connectivity index (χ0n) is 28.5. The van der Waals surface area contributed by atoms with E-state index in [9.17, 15) is 5.11 Å². The van der Waals surface area contributed by atoms with E-state index in [2.05, 4.69) is 131 Å². The molecular formula is C34H56O4Si3. The van der Waals surface area contributed by atoms with E-state index in [1.807, 2.05) is 24.3 Å². The lowest BCUT2D eigenvalue weighted by Crippen LogP contribution is -2.48. The molecule has 0 amide bonds. The average molecular weight is 613 g/mol. The largest absolute Gasteiger partial charge is 0.413 e. The van der Waals surface area contributed by atoms with Crippen LogP contribution in [0, 0.1) is 23.7 Å². The molecule has 0 radical (unpaired) electrons. The highest BCUT2D eigenvalue weighted by molar-refractivity contribution is 6.75. The molecule has 0 spiro atoms. The quantitative estimate of drug-likeness (QED) is 0.247. The summed E-state index contributed by atoms with van der Waals surface area (Å²) in [5.74, 6) is 13.1. The highest BCUT2D eigenvalue weighted by Crippen LogP contribution is 2.44. The number of hydrogen-bond donors (Lipinski definition) is 1. The SMILES string of the molecule is CC(C)(C)[Si](C)(C)OC/C=C1\C#Cc2ccccc2C(O[Si](C)(C)C(C)(C)C)[C@@H](O[Si](C)(C)C(C)(C)C)C#CC1O. The molecule has 1 N–H and O–H groups in total. The van der Waals surface area contributed by atoms with E-state index in [0.29, 0.717) is 12.2 Å². The second-order valence-electron chi connectivity index (χ2n) is 15.9. The zero-order chi connectivity index (χ0) is 31.7. The van der Waals surface area contributed by atoms with E-state index in [0.717, 1.165) is 11.1 Å². The highest BCUT2D eigenvalue weighted by Gasteiger charge is 2.45. The molecule has 0 heterocycles. The van der Waals surface area contributed by atoms with Crippen LogP contribution in [0.4, 0.5) is 0 Å². The van der Waals surface area contributed by atoms with Gasteiger partial charge in [-0.1, -0.05) is 104 Å². The number of rotatable bonds is 7. The lowest BCUT2D eigenvalue weighted by Gasteiger charge is -2.44. The van der Waals surface area contributed by atoms with Gasteiger partial charge in [0.25, 0.3) is 0 Å². The normalized spacial score (nSPS) is 21.9. The van der Waals surface area contributed by atoms with Crippen molar-refractivity contribution < 1.29 is 18.4 Å². The van der Waals surface area contributed by atoms with Crippen LogP contribution in [0.5, 0.6) is 0 Å². The molecular weight excluding hydrogens is 557 g/mol. The lowest BCUT2D eigenvalue weighted by atomic mass is 9.97. The first-order valence-corrected chi connectivity index (χ1v) is 23.6. The van der Waals surface area contributed by atoms with Crippen molar-refractivity contribution in [1.29, 1.82) is 0 Å². The maximum Gasteiger partial charge on any atom is 0.193 e. The van der Waals surface area contributed by atoms with Crippen molar-refractivity contribution >= 4 is 25.0 Å². The van der Waals surface area contributed by atoms with Gasteiger partial charge in [-0.3, -0.25) is 0 Å². The maximum absolute atomic E-state index is 11.3. The monoisotopic (exact) mass is 612 g/mol. The molecule has 2 rings (SSSR count). The Morgan fingerprint density at radius 3 is 1.78 bits per heavy atom. The Morgan fingerprint density at radius 1 is 0.732 bits per heavy atom. The van der Waals surface area contributed by atoms with Crippen LogP contribution in [0.25, 0.3) is 0 Å². The first-order chi connectivity index (χ1) is 18.4. The molecule has 1 aliphatic rings. The van der Waals surface area contributed by atoms with E-state index in [1.165, 1.54) is 0 Å². The smallest absolute Gasteiger partial charge is 0.193 e. The van der Waals surface area contributed by atoms with Crippen LogP contribution in [-0.2, 0) is 13.3 Å². The number of aliphatic hydroxyl groups excluding tert-OH is 1. The molecule has 0 saturated carbocycles. The minimum atomic E-state index is -2.26. The molecule has 0 aliphatic heterocycles. The van der Waals surface area contributed by atoms with Gasteiger partial charge in [0.05, 0.1) is 6.61 Å². The van der Waals surface area contributed by atoms with Crippen molar-refractivity contribution in [3.63, 3.8) is 0 Å². The van der Waals surface area contributed by atoms with Gasteiger partial charge in [0.1, 0.15) is 18.3 Å². The average Bonchev–Trinajstić information content (AvgIpc) is 2.79. The summed E-state index contributed by atoms with van der Waals surface area (Å²) in [5.41, 5.74) is 2.41. The van der Waals surface area contributed by atoms with Crippen molar-refractivity contribution in [3.05, 3.63) is 47.0 Å². The summed E-state index contributed by atoms with van der Waals surface area (Å²) in [6.07, 6.45) is -0.132. The first kappa shape index (κ1) is 35.8. The summed E-state index contributed by atoms with van der Waals surface area (Å²) >= 11 is 0. The predicted molar refractivity (Wildman–Crippen MR) is 181 cm³/mol. The molecule has 0 aromatic heterocycles. The molecule has 0 saturated heterocycles. The number of benzene rings is 1. The minimum Gasteiger partial charge on any atom is -0.413 e. The third-order valence-corrected chi connectivity index (χ3v) is 23.0. The van der Waals surface area contributed by atoms with Crippen molar-refractivity contribution in [1.82, 2.24) is 0 Å². The van der Waals surface area contributed by atoms with Crippen LogP contribution in [0.1, 0.15) is 79.5 Å². The summed E-state index contributed by atoms with van der Waals surface area (Å²) in [4.78, 5) is 0. The number of fused-ring (bicyclic) bond motifs is 1. The second kappa shape index (κ2) is 12.7. The standard InChI is InChI=1S/C34H56O4Si3/c1-32(2,3)39(10,11)36-25-24-27-21-20-26-18-16-17-19-28(26)31(38-41(14,15)34(7,8)9)30(23-22-29(27)35)37-40(12,13)33(4,5)6/h16-19,24,29-31,35H,25H2,1-15H3/b27-24+/t29?,30-,31?/m0/s1. The maximum atomic E-state index is 11.3. The molecule has 1 aromatic carbocycles. The molecule has 41 heavy (non-hydrogen) atoms. The number of hydrogen-bond acceptors (Lipinski definition) is 4. The van der Waals surface area contributed by atoms with Gasteiger partial charge in [0.2, 0.25) is 0 Å². The second-order valence-corrected chi connectivity index (χ2v) is 30.2. The van der Waals surface area contributed by atoms with Crippen LogP contribution in [-0.4, -0.2) is 48.9 Å². The summed E-state index contributed by atoms with van der Waals surface area (Å²) in [7, 11) is -6.45. The summed E-state index contributed by atoms with van der Waals surface area (Å²) < 4.78 is 20.5. The predicted octanol–water partition coefficient (Wildman–Crippen LogP) is 8.82. The van der Waals surface area contributed by atoms with Crippen LogP contribution >= 0.6 is 0 Å². The van der Waals surface area contributed by atoms with Gasteiger partial charge in [-0.2, -0.15) is 0 Å². The topological polar surface area (TPSA) is 47.9 Å². The summed E-state index contributed by atoms with van der Waals surface area (Å²) in [6.45, 7) is 33.9. The van der Waals surface area contributed by atoms with E-state index in [-0.39, 0.29) is 15.1 Å². The molecule has 0 fully saturated rings. The molecule has 1 aliphatic carbocycles. The van der Waals surface area contributed by atoms with Gasteiger partial charge >= 0.3 is 0 Å². The highest BCUT2D eigenvalue weighted by atomic mass is 28.4. The van der Waals surface area contributed by atoms with E-state index in [4.69, 9.17) is 13.3 Å². The van der Waals surface area contributed by atoms with E-state index in [1.54, 1.807) is 0 Å². The third-order valence-electron chi connectivity index (χ3n) is 9.55. The van der Waals surface area contributed by atoms with Crippen LogP contribution in [0.3, 0.4) is 0 Å². The molecule has 228 valence electrons. The lowest BCUT2D eigenvalue weighted by molar-refractivity contribution is 0.0680. The fraction of sp³-hybridized carbons (Fsp3) is 0.647. The fourth-order valence-electron chi connectivity index (χ4n) is 3.47. The molecule has 1 aromatic rings. The van der Waals surface area contributed by atoms with Gasteiger partial charge in [-0.25, -0.2) is 0 Å². The molecule has 7 heteroatoms. The summed E-state index contributed by atoms with van der Waals surface area (Å²) in [5, 5.41) is 11.4. The van der Waals surface area contributed by atoms with Gasteiger partial charge in [0, 0.05) is 11.1 Å². The minimum absolute atomic E-state index is 0.00252. The van der Waals surface area contributed by atoms with Gasteiger partial charge in [0.15, 0.2) is 25.0 Å². The summed E-state index contributed by atoms with van der Waals surface area (Å²) in [6, 6.07) is 8.15. The zero-order valence-corrected chi connectivity index (χ0v) is 31.5. The molecule has 3 atom stereocenters. The first-order valence-electron chi connectivity index (χ1n) is 14.9. The van der Waals surface area contributed by atoms with Crippen molar-refractivity contribution in [3.8, 4) is 23.7 Å². The van der Waals surface area contributed by atoms with Crippen molar-refractivity contribution in [2.75, 3.05) is 6.61 Å². The molecule has 2 unspecified atom stereocenters. The Morgan fingerprint density at radius 2 is 1.24 bits per heavy atom. The molecule has 0 bridgehead atoms. The Balaban J connectivity index is 2.71. The Labute approximate surface area is 255 Å². The van der Waals surface area contributed by atoms with Gasteiger partial charge in [-0.15, -0.1) is 0 Å². The number of aliphatic hydroxyl groups is 1.